The number of aromatic nitrogens is 4. The van der Waals surface area contributed by atoms with E-state index in [0.717, 1.165) is 66.5 Å². The van der Waals surface area contributed by atoms with Crippen molar-refractivity contribution in [2.24, 2.45) is 0 Å². The Labute approximate surface area is 372 Å². The minimum atomic E-state index is -0.145. The lowest BCUT2D eigenvalue weighted by molar-refractivity contribution is 0.589. The van der Waals surface area contributed by atoms with E-state index < -0.39 is 0 Å². The van der Waals surface area contributed by atoms with Crippen LogP contribution < -0.4 is 0 Å². The van der Waals surface area contributed by atoms with E-state index in [1.54, 1.807) is 0 Å². The Morgan fingerprint density at radius 1 is 0.453 bits per heavy atom. The maximum Gasteiger partial charge on any atom is 0.381 e. The number of benzene rings is 4. The number of rotatable bonds is 2. The van der Waals surface area contributed by atoms with Gasteiger partial charge in [0.15, 0.2) is 11.2 Å². The molecule has 64 heavy (non-hydrogen) atoms. The van der Waals surface area contributed by atoms with Crippen molar-refractivity contribution in [3.63, 3.8) is 0 Å². The normalized spacial score (nSPS) is 17.4. The van der Waals surface area contributed by atoms with Crippen molar-refractivity contribution < 1.29 is 8.83 Å². The molecule has 308 valence electrons. The van der Waals surface area contributed by atoms with Crippen LogP contribution in [0.4, 0.5) is 0 Å². The number of allylic oxidation sites excluding steroid dienone is 8. The first-order chi connectivity index (χ1) is 31.0. The molecule has 0 bridgehead atoms. The van der Waals surface area contributed by atoms with Crippen LogP contribution in [0.25, 0.3) is 67.1 Å². The smallest absolute Gasteiger partial charge is 0.381 e. The van der Waals surface area contributed by atoms with E-state index in [-0.39, 0.29) is 38.8 Å². The Kier molecular flexibility index (Phi) is 7.69. The predicted molar refractivity (Wildman–Crippen MR) is 264 cm³/mol. The summed E-state index contributed by atoms with van der Waals surface area (Å²) in [6, 6.07) is 25.3. The zero-order valence-electron chi connectivity index (χ0n) is 36.7. The summed E-state index contributed by atoms with van der Waals surface area (Å²) in [6.07, 6.45) is 22.3. The third-order valence-electron chi connectivity index (χ3n) is 13.7. The van der Waals surface area contributed by atoms with Crippen LogP contribution >= 0.6 is 0 Å². The van der Waals surface area contributed by atoms with Gasteiger partial charge in [0.25, 0.3) is 0 Å². The molecule has 14 heteroatoms. The summed E-state index contributed by atoms with van der Waals surface area (Å²) in [7, 11) is 0. The van der Waals surface area contributed by atoms with E-state index in [2.05, 4.69) is 203 Å². The molecular weight excluding hydrogens is 788 g/mol. The first-order valence-electron chi connectivity index (χ1n) is 22.3. The molecular formula is C50H44B4N8O2. The van der Waals surface area contributed by atoms with Crippen LogP contribution in [0.1, 0.15) is 63.8 Å². The Balaban J connectivity index is 0.962. The second-order valence-electron chi connectivity index (χ2n) is 19.6. The number of hydrogen-bond acceptors (Lipinski definition) is 8. The zero-order valence-corrected chi connectivity index (χ0v) is 36.7. The fourth-order valence-electron chi connectivity index (χ4n) is 10.7. The highest BCUT2D eigenvalue weighted by molar-refractivity contribution is 6.92. The second kappa shape index (κ2) is 13.2. The lowest BCUT2D eigenvalue weighted by Crippen LogP contribution is -2.73. The third kappa shape index (κ3) is 5.31. The molecule has 4 aromatic carbocycles. The number of fused-ring (bicyclic) bond motifs is 18. The summed E-state index contributed by atoms with van der Waals surface area (Å²) in [5.41, 5.74) is 14.4. The quantitative estimate of drug-likeness (QED) is 0.160. The number of hydrogen-bond donors (Lipinski definition) is 0. The average molecular weight is 832 g/mol. The van der Waals surface area contributed by atoms with Crippen LogP contribution in [0.15, 0.2) is 167 Å². The SMILES string of the molecule is CC(C)(C)c1ccc2c(nc3oc4ccccc4n32)c1C1=CB2N3C=CC=CB3N3C=CC(c4c(C(C)(C)C)ccc5c4nc4oc6ccccc6n45)=CB3N3C=CC=CB3N2C=C1. The summed E-state index contributed by atoms with van der Waals surface area (Å²) >= 11 is 0. The van der Waals surface area contributed by atoms with Crippen LogP contribution in [0, 0.1) is 0 Å². The van der Waals surface area contributed by atoms with Crippen LogP contribution in [-0.4, -0.2) is 65.6 Å². The molecule has 8 aromatic rings. The van der Waals surface area contributed by atoms with Gasteiger partial charge in [0.05, 0.1) is 22.1 Å². The van der Waals surface area contributed by atoms with Gasteiger partial charge in [0.2, 0.25) is 0 Å². The van der Waals surface area contributed by atoms with Gasteiger partial charge in [-0.1, -0.05) is 114 Å². The van der Waals surface area contributed by atoms with Gasteiger partial charge in [-0.25, -0.2) is 0 Å². The first kappa shape index (κ1) is 37.4. The standard InChI is InChI=1S/C50H44B4N8O2/c1-49(2,3)35-19-21-39-45(55-47-61(39)37-15-7-9-17-41(37)63-47)43(35)33-23-29-59-52-26-12-14-28-58(52)54-32-34(24-30-60(54)51-25-11-13-27-57(51)53(59)31-33)44-36(50(4,5)6)20-22-40-46(44)56-48-62(40)38-16-8-10-18-42(38)64-48/h7-32H,1-6H3. The molecule has 0 radical (unpaired) electrons. The van der Waals surface area contributed by atoms with Crippen LogP contribution in [0.2, 0.25) is 0 Å². The molecule has 0 spiro atoms. The van der Waals surface area contributed by atoms with Gasteiger partial charge in [-0.2, -0.15) is 9.97 Å². The fourth-order valence-corrected chi connectivity index (χ4v) is 10.7. The molecule has 0 amide bonds. The Morgan fingerprint density at radius 3 is 1.31 bits per heavy atom. The maximum absolute atomic E-state index is 6.34. The molecule has 0 saturated carbocycles. The average Bonchev–Trinajstić information content (AvgIpc) is 4.05. The largest absolute Gasteiger partial charge is 0.423 e. The van der Waals surface area contributed by atoms with Crippen molar-refractivity contribution in [1.29, 1.82) is 0 Å². The van der Waals surface area contributed by atoms with Gasteiger partial charge >= 0.3 is 39.6 Å². The van der Waals surface area contributed by atoms with Crippen molar-refractivity contribution in [3.8, 4) is 0 Å². The van der Waals surface area contributed by atoms with E-state index in [1.165, 1.54) is 11.1 Å². The van der Waals surface area contributed by atoms with Gasteiger partial charge < -0.3 is 27.7 Å². The first-order valence-corrected chi connectivity index (χ1v) is 22.3. The van der Waals surface area contributed by atoms with Gasteiger partial charge in [-0.15, -0.1) is 0 Å². The Morgan fingerprint density at radius 2 is 0.875 bits per heavy atom. The van der Waals surface area contributed by atoms with Crippen LogP contribution in [0.5, 0.6) is 0 Å². The van der Waals surface area contributed by atoms with Crippen LogP contribution in [0.3, 0.4) is 0 Å². The lowest BCUT2D eigenvalue weighted by atomic mass is 9.41. The third-order valence-corrected chi connectivity index (χ3v) is 13.7. The highest BCUT2D eigenvalue weighted by atomic mass is 16.4. The minimum absolute atomic E-state index is 0.0980. The van der Waals surface area contributed by atoms with Crippen molar-refractivity contribution >= 4 is 95.0 Å². The summed E-state index contributed by atoms with van der Waals surface area (Å²) in [4.78, 5) is 10.5. The predicted octanol–water partition coefficient (Wildman–Crippen LogP) is 10.4. The molecule has 0 atom stereocenters. The lowest BCUT2D eigenvalue weighted by Gasteiger charge is -2.53. The molecule has 9 heterocycles. The molecule has 13 rings (SSSR count). The maximum atomic E-state index is 6.34. The molecule has 0 N–H and O–H groups in total. The van der Waals surface area contributed by atoms with E-state index in [0.29, 0.717) is 11.7 Å². The van der Waals surface area contributed by atoms with E-state index >= 15 is 0 Å². The molecule has 5 aliphatic rings. The van der Waals surface area contributed by atoms with Crippen molar-refractivity contribution in [3.05, 3.63) is 180 Å². The van der Waals surface area contributed by atoms with Gasteiger partial charge in [-0.05, 0) is 119 Å². The molecule has 1 saturated heterocycles. The van der Waals surface area contributed by atoms with Crippen molar-refractivity contribution in [2.75, 3.05) is 0 Å². The zero-order chi connectivity index (χ0) is 43.2. The molecule has 10 nitrogen and oxygen atoms in total. The Bertz CT molecular complexity index is 3320. The second-order valence-corrected chi connectivity index (χ2v) is 19.6. The number of nitrogens with zero attached hydrogens (tertiary/aromatic N) is 8. The summed E-state index contributed by atoms with van der Waals surface area (Å²) < 4.78 is 27.0. The number of oxazole rings is 2. The summed E-state index contributed by atoms with van der Waals surface area (Å²) in [5, 5.41) is 0. The van der Waals surface area contributed by atoms with Gasteiger partial charge in [-0.3, -0.25) is 8.80 Å². The van der Waals surface area contributed by atoms with Gasteiger partial charge in [0, 0.05) is 11.1 Å². The highest BCUT2D eigenvalue weighted by Crippen LogP contribution is 2.43. The van der Waals surface area contributed by atoms with Crippen molar-refractivity contribution in [1.82, 2.24) is 37.7 Å². The van der Waals surface area contributed by atoms with Crippen LogP contribution in [-0.2, 0) is 10.8 Å². The number of imidazole rings is 2. The number of para-hydroxylation sites is 4. The molecule has 0 aliphatic carbocycles. The van der Waals surface area contributed by atoms with E-state index in [4.69, 9.17) is 18.8 Å². The van der Waals surface area contributed by atoms with E-state index in [1.807, 2.05) is 24.3 Å². The Hall–Kier alpha value is -7.20. The fraction of sp³-hybridized carbons (Fsp3) is 0.160. The van der Waals surface area contributed by atoms with Crippen molar-refractivity contribution in [2.45, 2.75) is 52.4 Å². The summed E-state index contributed by atoms with van der Waals surface area (Å²) in [6.45, 7) is 13.3. The molecule has 4 aromatic heterocycles. The highest BCUT2D eigenvalue weighted by Gasteiger charge is 2.51. The monoisotopic (exact) mass is 832 g/mol. The molecule has 0 unspecified atom stereocenters. The minimum Gasteiger partial charge on any atom is -0.423 e. The molecule has 5 aliphatic heterocycles. The molecule has 1 fully saturated rings. The van der Waals surface area contributed by atoms with E-state index in [9.17, 15) is 0 Å². The topological polar surface area (TPSA) is 73.8 Å². The van der Waals surface area contributed by atoms with Gasteiger partial charge in [0.1, 0.15) is 11.0 Å². The summed E-state index contributed by atoms with van der Waals surface area (Å²) in [5.74, 6) is 10.7.